The van der Waals surface area contributed by atoms with Crippen LogP contribution in [-0.2, 0) is 0 Å². The van der Waals surface area contributed by atoms with E-state index in [0.717, 1.165) is 12.2 Å². The zero-order valence-corrected chi connectivity index (χ0v) is 6.95. The molecule has 0 amide bonds. The smallest absolute Gasteiger partial charge is 0.0451 e. The van der Waals surface area contributed by atoms with E-state index in [1.807, 2.05) is 17.5 Å². The summed E-state index contributed by atoms with van der Waals surface area (Å²) in [6, 6.07) is 2.03. The maximum Gasteiger partial charge on any atom is 0.0451 e. The van der Waals surface area contributed by atoms with Gasteiger partial charge in [-0.25, -0.2) is 0 Å². The molecule has 0 aromatic carbocycles. The Morgan fingerprint density at radius 2 is 2.60 bits per heavy atom. The molecule has 10 heavy (non-hydrogen) atoms. The van der Waals surface area contributed by atoms with E-state index >= 15 is 0 Å². The van der Waals surface area contributed by atoms with Crippen LogP contribution in [0.1, 0.15) is 0 Å². The van der Waals surface area contributed by atoms with E-state index < -0.39 is 0 Å². The molecule has 0 aliphatic rings. The lowest BCUT2D eigenvalue weighted by Crippen LogP contribution is -1.95. The Bertz CT molecular complexity index is 193. The van der Waals surface area contributed by atoms with Crippen LogP contribution in [0.5, 0.6) is 0 Å². The molecule has 0 saturated heterocycles. The van der Waals surface area contributed by atoms with Gasteiger partial charge in [-0.1, -0.05) is 17.7 Å². The molecule has 0 radical (unpaired) electrons. The fourth-order valence-electron chi connectivity index (χ4n) is 0.586. The highest BCUT2D eigenvalue weighted by Crippen LogP contribution is 2.10. The lowest BCUT2D eigenvalue weighted by atomic mass is 10.5. The zero-order chi connectivity index (χ0) is 7.23. The molecule has 0 unspecified atom stereocenters. The van der Waals surface area contributed by atoms with Gasteiger partial charge in [0.1, 0.15) is 0 Å². The van der Waals surface area contributed by atoms with Crippen LogP contribution in [0, 0.1) is 0 Å². The second kappa shape index (κ2) is 4.36. The summed E-state index contributed by atoms with van der Waals surface area (Å²) in [5.74, 6) is 0. The third-order valence-electron chi connectivity index (χ3n) is 1.03. The Kier molecular flexibility index (Phi) is 3.33. The van der Waals surface area contributed by atoms with Crippen molar-refractivity contribution in [2.75, 3.05) is 11.9 Å². The Labute approximate surface area is 69.3 Å². The average Bonchev–Trinajstić information content (AvgIpc) is 2.41. The van der Waals surface area contributed by atoms with Crippen LogP contribution >= 0.6 is 22.9 Å². The topological polar surface area (TPSA) is 12.0 Å². The number of halogens is 1. The van der Waals surface area contributed by atoms with Crippen molar-refractivity contribution in [1.29, 1.82) is 0 Å². The lowest BCUT2D eigenvalue weighted by Gasteiger charge is -1.95. The van der Waals surface area contributed by atoms with Crippen molar-refractivity contribution in [1.82, 2.24) is 0 Å². The molecule has 1 nitrogen and oxygen atoms in total. The molecule has 0 aliphatic carbocycles. The fourth-order valence-corrected chi connectivity index (χ4v) is 1.29. The van der Waals surface area contributed by atoms with Gasteiger partial charge in [0.2, 0.25) is 0 Å². The van der Waals surface area contributed by atoms with Crippen molar-refractivity contribution < 1.29 is 0 Å². The van der Waals surface area contributed by atoms with E-state index in [9.17, 15) is 0 Å². The van der Waals surface area contributed by atoms with Gasteiger partial charge in [-0.05, 0) is 11.4 Å². The molecular formula is C7H8ClNS. The summed E-state index contributed by atoms with van der Waals surface area (Å²) in [5.41, 5.74) is 2.67. The average molecular weight is 174 g/mol. The van der Waals surface area contributed by atoms with Gasteiger partial charge < -0.3 is 5.32 Å². The summed E-state index contributed by atoms with van der Waals surface area (Å²) < 4.78 is 0. The highest BCUT2D eigenvalue weighted by atomic mass is 35.5. The molecule has 1 heterocycles. The second-order valence-corrected chi connectivity index (χ2v) is 2.79. The summed E-state index contributed by atoms with van der Waals surface area (Å²) in [4.78, 5) is 0. The van der Waals surface area contributed by atoms with Crippen LogP contribution in [0.2, 0.25) is 0 Å². The van der Waals surface area contributed by atoms with Gasteiger partial charge in [0.15, 0.2) is 0 Å². The Hall–Kier alpha value is -0.470. The third kappa shape index (κ3) is 2.42. The van der Waals surface area contributed by atoms with Gasteiger partial charge in [0.05, 0.1) is 0 Å². The van der Waals surface area contributed by atoms with E-state index in [4.69, 9.17) is 11.6 Å². The first-order valence-corrected chi connectivity index (χ1v) is 4.32. The fraction of sp³-hybridized carbons (Fsp3) is 0.143. The maximum atomic E-state index is 5.32. The zero-order valence-electron chi connectivity index (χ0n) is 5.38. The van der Waals surface area contributed by atoms with Crippen LogP contribution < -0.4 is 5.32 Å². The second-order valence-electron chi connectivity index (χ2n) is 1.75. The first kappa shape index (κ1) is 7.63. The molecule has 1 aromatic heterocycles. The molecule has 54 valence electrons. The van der Waals surface area contributed by atoms with Crippen molar-refractivity contribution >= 4 is 28.6 Å². The predicted octanol–water partition coefficient (Wildman–Crippen LogP) is 2.91. The molecule has 1 N–H and O–H groups in total. The van der Waals surface area contributed by atoms with Crippen LogP contribution in [0.4, 0.5) is 5.69 Å². The quantitative estimate of drug-likeness (QED) is 0.741. The van der Waals surface area contributed by atoms with Crippen molar-refractivity contribution in [2.45, 2.75) is 0 Å². The summed E-state index contributed by atoms with van der Waals surface area (Å²) in [6.07, 6.45) is 1.86. The summed E-state index contributed by atoms with van der Waals surface area (Å²) in [6.45, 7) is 0.792. The van der Waals surface area contributed by atoms with Gasteiger partial charge in [-0.2, -0.15) is 11.3 Å². The van der Waals surface area contributed by atoms with Crippen LogP contribution in [-0.4, -0.2) is 6.54 Å². The molecule has 0 atom stereocenters. The monoisotopic (exact) mass is 173 g/mol. The minimum absolute atomic E-state index is 0.792. The van der Waals surface area contributed by atoms with E-state index in [1.165, 1.54) is 5.54 Å². The van der Waals surface area contributed by atoms with Gasteiger partial charge >= 0.3 is 0 Å². The number of rotatable bonds is 3. The highest BCUT2D eigenvalue weighted by molar-refractivity contribution is 7.08. The normalized spacial score (nSPS) is 10.5. The Morgan fingerprint density at radius 3 is 3.20 bits per heavy atom. The van der Waals surface area contributed by atoms with E-state index in [-0.39, 0.29) is 0 Å². The molecule has 0 fully saturated rings. The molecule has 0 spiro atoms. The van der Waals surface area contributed by atoms with Gasteiger partial charge in [0.25, 0.3) is 0 Å². The SMILES string of the molecule is Cl/C=C/CNc1ccsc1. The van der Waals surface area contributed by atoms with Crippen LogP contribution in [0.15, 0.2) is 28.4 Å². The predicted molar refractivity (Wildman–Crippen MR) is 47.8 cm³/mol. The largest absolute Gasteiger partial charge is 0.381 e. The van der Waals surface area contributed by atoms with Crippen LogP contribution in [0.3, 0.4) is 0 Å². The third-order valence-corrected chi connectivity index (χ3v) is 1.90. The minimum atomic E-state index is 0.792. The molecule has 0 saturated carbocycles. The number of hydrogen-bond donors (Lipinski definition) is 1. The first-order valence-electron chi connectivity index (χ1n) is 2.95. The van der Waals surface area contributed by atoms with Crippen molar-refractivity contribution in [3.8, 4) is 0 Å². The summed E-state index contributed by atoms with van der Waals surface area (Å²) in [7, 11) is 0. The van der Waals surface area contributed by atoms with Gasteiger partial charge in [-0.15, -0.1) is 0 Å². The molecule has 0 aliphatic heterocycles. The Morgan fingerprint density at radius 1 is 1.70 bits per heavy atom. The van der Waals surface area contributed by atoms with Gasteiger partial charge in [0, 0.05) is 23.1 Å². The molecule has 0 bridgehead atoms. The molecule has 1 rings (SSSR count). The summed E-state index contributed by atoms with van der Waals surface area (Å²) in [5, 5.41) is 7.26. The lowest BCUT2D eigenvalue weighted by molar-refractivity contribution is 1.35. The standard InChI is InChI=1S/C7H8ClNS/c8-3-1-4-9-7-2-5-10-6-7/h1-3,5-6,9H,4H2/b3-1+. The van der Waals surface area contributed by atoms with E-state index in [2.05, 4.69) is 10.7 Å². The molecule has 1 aromatic rings. The number of thiophene rings is 1. The molecule has 3 heteroatoms. The number of anilines is 1. The van der Waals surface area contributed by atoms with Crippen LogP contribution in [0.25, 0.3) is 0 Å². The van der Waals surface area contributed by atoms with Crippen molar-refractivity contribution in [3.63, 3.8) is 0 Å². The van der Waals surface area contributed by atoms with Crippen molar-refractivity contribution in [2.24, 2.45) is 0 Å². The number of nitrogens with one attached hydrogen (secondary N) is 1. The number of hydrogen-bond acceptors (Lipinski definition) is 2. The van der Waals surface area contributed by atoms with E-state index in [1.54, 1.807) is 11.3 Å². The highest BCUT2D eigenvalue weighted by Gasteiger charge is 1.85. The van der Waals surface area contributed by atoms with Gasteiger partial charge in [-0.3, -0.25) is 0 Å². The maximum absolute atomic E-state index is 5.32. The van der Waals surface area contributed by atoms with E-state index in [0.29, 0.717) is 0 Å². The van der Waals surface area contributed by atoms with Crippen molar-refractivity contribution in [3.05, 3.63) is 28.4 Å². The summed E-state index contributed by atoms with van der Waals surface area (Å²) >= 11 is 7.00. The minimum Gasteiger partial charge on any atom is -0.381 e. The first-order chi connectivity index (χ1) is 4.93. The molecular weight excluding hydrogens is 166 g/mol. The Balaban J connectivity index is 2.28.